The highest BCUT2D eigenvalue weighted by Crippen LogP contribution is 2.27. The van der Waals surface area contributed by atoms with E-state index in [1.807, 2.05) is 0 Å². The predicted octanol–water partition coefficient (Wildman–Crippen LogP) is 2.03. The van der Waals surface area contributed by atoms with Crippen LogP contribution in [0, 0.1) is 5.92 Å². The molecule has 1 aliphatic carbocycles. The molecule has 0 bridgehead atoms. The normalized spacial score (nSPS) is 19.2. The Morgan fingerprint density at radius 3 is 2.38 bits per heavy atom. The maximum absolute atomic E-state index is 11.9. The van der Waals surface area contributed by atoms with E-state index in [2.05, 4.69) is 51.6 Å². The van der Waals surface area contributed by atoms with Crippen molar-refractivity contribution in [3.05, 3.63) is 35.4 Å². The molecule has 1 heterocycles. The lowest BCUT2D eigenvalue weighted by Gasteiger charge is -2.34. The first-order valence-corrected chi connectivity index (χ1v) is 9.27. The van der Waals surface area contributed by atoms with Crippen molar-refractivity contribution in [3.8, 4) is 0 Å². The lowest BCUT2D eigenvalue weighted by Crippen LogP contribution is -2.45. The van der Waals surface area contributed by atoms with Gasteiger partial charge in [0, 0.05) is 45.8 Å². The predicted molar refractivity (Wildman–Crippen MR) is 96.8 cm³/mol. The Balaban J connectivity index is 1.48. The molecule has 2 amide bonds. The van der Waals surface area contributed by atoms with Crippen molar-refractivity contribution in [1.29, 1.82) is 0 Å². The fourth-order valence-corrected chi connectivity index (χ4v) is 3.19. The van der Waals surface area contributed by atoms with Gasteiger partial charge in [0.2, 0.25) is 0 Å². The van der Waals surface area contributed by atoms with Crippen molar-refractivity contribution in [2.75, 3.05) is 39.3 Å². The topological polar surface area (TPSA) is 47.6 Å². The third-order valence-corrected chi connectivity index (χ3v) is 5.11. The molecule has 0 radical (unpaired) electrons. The summed E-state index contributed by atoms with van der Waals surface area (Å²) < 4.78 is 0. The van der Waals surface area contributed by atoms with E-state index >= 15 is 0 Å². The van der Waals surface area contributed by atoms with Gasteiger partial charge in [0.05, 0.1) is 0 Å². The first kappa shape index (κ1) is 17.2. The molecular weight excluding hydrogens is 300 g/mol. The fraction of sp³-hybridized carbons (Fsp3) is 0.632. The third kappa shape index (κ3) is 5.21. The Labute approximate surface area is 145 Å². The molecule has 2 N–H and O–H groups in total. The molecule has 1 saturated heterocycles. The number of carbonyl (C=O) groups is 1. The quantitative estimate of drug-likeness (QED) is 0.804. The number of likely N-dealkylation sites (N-methyl/N-ethyl adjacent to an activating group) is 1. The Kier molecular flexibility index (Phi) is 6.10. The number of piperazine rings is 1. The monoisotopic (exact) mass is 330 g/mol. The summed E-state index contributed by atoms with van der Waals surface area (Å²) in [7, 11) is 0. The minimum atomic E-state index is -0.0479. The molecule has 1 aromatic rings. The molecule has 1 saturated carbocycles. The number of hydrogen-bond acceptors (Lipinski definition) is 3. The zero-order valence-corrected chi connectivity index (χ0v) is 14.8. The van der Waals surface area contributed by atoms with Gasteiger partial charge in [0.25, 0.3) is 0 Å². The van der Waals surface area contributed by atoms with E-state index in [0.717, 1.165) is 45.8 Å². The van der Waals surface area contributed by atoms with Crippen LogP contribution < -0.4 is 10.6 Å². The van der Waals surface area contributed by atoms with Crippen LogP contribution in [0.2, 0.25) is 0 Å². The van der Waals surface area contributed by atoms with Gasteiger partial charge in [-0.25, -0.2) is 4.79 Å². The van der Waals surface area contributed by atoms with E-state index in [9.17, 15) is 4.79 Å². The molecule has 0 atom stereocenters. The Morgan fingerprint density at radius 2 is 1.71 bits per heavy atom. The number of urea groups is 1. The molecule has 2 aliphatic rings. The molecule has 5 nitrogen and oxygen atoms in total. The van der Waals surface area contributed by atoms with Crippen LogP contribution in [-0.2, 0) is 13.1 Å². The van der Waals surface area contributed by atoms with Gasteiger partial charge in [0.15, 0.2) is 0 Å². The van der Waals surface area contributed by atoms with Gasteiger partial charge in [-0.2, -0.15) is 0 Å². The van der Waals surface area contributed by atoms with Gasteiger partial charge in [-0.3, -0.25) is 4.90 Å². The van der Waals surface area contributed by atoms with Crippen LogP contribution in [0.3, 0.4) is 0 Å². The Morgan fingerprint density at radius 1 is 1.04 bits per heavy atom. The fourth-order valence-electron chi connectivity index (χ4n) is 3.19. The van der Waals surface area contributed by atoms with E-state index in [1.165, 1.54) is 24.0 Å². The number of carbonyl (C=O) groups excluding carboxylic acids is 1. The van der Waals surface area contributed by atoms with Crippen LogP contribution in [-0.4, -0.2) is 55.1 Å². The molecule has 0 spiro atoms. The minimum Gasteiger partial charge on any atom is -0.338 e. The number of nitrogens with one attached hydrogen (secondary N) is 2. The van der Waals surface area contributed by atoms with Gasteiger partial charge in [-0.05, 0) is 36.4 Å². The summed E-state index contributed by atoms with van der Waals surface area (Å²) in [4.78, 5) is 16.9. The van der Waals surface area contributed by atoms with Gasteiger partial charge < -0.3 is 15.5 Å². The minimum absolute atomic E-state index is 0.0479. The molecule has 3 rings (SSSR count). The second-order valence-electron chi connectivity index (χ2n) is 6.99. The molecule has 132 valence electrons. The number of benzene rings is 1. The summed E-state index contributed by atoms with van der Waals surface area (Å²) in [5.74, 6) is 0.713. The summed E-state index contributed by atoms with van der Waals surface area (Å²) in [5.41, 5.74) is 2.54. The van der Waals surface area contributed by atoms with Crippen molar-refractivity contribution in [2.24, 2.45) is 5.92 Å². The Hall–Kier alpha value is -1.59. The second-order valence-corrected chi connectivity index (χ2v) is 6.99. The lowest BCUT2D eigenvalue weighted by molar-refractivity contribution is 0.131. The maximum atomic E-state index is 11.9. The van der Waals surface area contributed by atoms with Crippen LogP contribution in [0.5, 0.6) is 0 Å². The molecular formula is C19H30N4O. The van der Waals surface area contributed by atoms with Crippen LogP contribution in [0.4, 0.5) is 4.79 Å². The lowest BCUT2D eigenvalue weighted by atomic mass is 10.1. The number of amides is 2. The largest absolute Gasteiger partial charge is 0.338 e. The first-order chi connectivity index (χ1) is 11.7. The van der Waals surface area contributed by atoms with E-state index in [1.54, 1.807) is 0 Å². The first-order valence-electron chi connectivity index (χ1n) is 9.27. The zero-order valence-electron chi connectivity index (χ0n) is 14.8. The summed E-state index contributed by atoms with van der Waals surface area (Å²) >= 11 is 0. The molecule has 5 heteroatoms. The van der Waals surface area contributed by atoms with E-state index < -0.39 is 0 Å². The molecule has 0 aromatic heterocycles. The molecule has 0 unspecified atom stereocenters. The van der Waals surface area contributed by atoms with Crippen molar-refractivity contribution in [3.63, 3.8) is 0 Å². The smallest absolute Gasteiger partial charge is 0.315 e. The van der Waals surface area contributed by atoms with E-state index in [4.69, 9.17) is 0 Å². The van der Waals surface area contributed by atoms with E-state index in [-0.39, 0.29) is 6.03 Å². The molecule has 2 fully saturated rings. The van der Waals surface area contributed by atoms with Crippen molar-refractivity contribution >= 4 is 6.03 Å². The summed E-state index contributed by atoms with van der Waals surface area (Å²) in [6.45, 7) is 10.3. The Bertz CT molecular complexity index is 536. The van der Waals surface area contributed by atoms with Crippen LogP contribution in [0.15, 0.2) is 24.3 Å². The molecule has 1 aromatic carbocycles. The van der Waals surface area contributed by atoms with Gasteiger partial charge in [0.1, 0.15) is 0 Å². The van der Waals surface area contributed by atoms with Gasteiger partial charge in [-0.15, -0.1) is 0 Å². The van der Waals surface area contributed by atoms with Crippen LogP contribution >= 0.6 is 0 Å². The highest BCUT2D eigenvalue weighted by molar-refractivity contribution is 5.73. The van der Waals surface area contributed by atoms with Gasteiger partial charge >= 0.3 is 6.03 Å². The SMILES string of the molecule is CCN1CCN(Cc2ccccc2CNC(=O)NCC2CC2)CC1. The highest BCUT2D eigenvalue weighted by atomic mass is 16.2. The van der Waals surface area contributed by atoms with Gasteiger partial charge in [-0.1, -0.05) is 31.2 Å². The third-order valence-electron chi connectivity index (χ3n) is 5.11. The highest BCUT2D eigenvalue weighted by Gasteiger charge is 2.21. The average Bonchev–Trinajstić information content (AvgIpc) is 3.44. The summed E-state index contributed by atoms with van der Waals surface area (Å²) in [5, 5.41) is 5.96. The van der Waals surface area contributed by atoms with E-state index in [0.29, 0.717) is 12.5 Å². The van der Waals surface area contributed by atoms with Crippen molar-refractivity contribution in [1.82, 2.24) is 20.4 Å². The molecule has 1 aliphatic heterocycles. The average molecular weight is 330 g/mol. The van der Waals surface area contributed by atoms with Crippen LogP contribution in [0.1, 0.15) is 30.9 Å². The molecule has 24 heavy (non-hydrogen) atoms. The number of nitrogens with zero attached hydrogens (tertiary/aromatic N) is 2. The van der Waals surface area contributed by atoms with Crippen molar-refractivity contribution in [2.45, 2.75) is 32.9 Å². The number of hydrogen-bond donors (Lipinski definition) is 2. The standard InChI is InChI=1S/C19H30N4O/c1-2-22-9-11-23(12-10-22)15-18-6-4-3-5-17(18)14-21-19(24)20-13-16-7-8-16/h3-6,16H,2,7-15H2,1H3,(H2,20,21,24). The summed E-state index contributed by atoms with van der Waals surface area (Å²) in [6.07, 6.45) is 2.52. The summed E-state index contributed by atoms with van der Waals surface area (Å²) in [6, 6.07) is 8.41. The van der Waals surface area contributed by atoms with Crippen molar-refractivity contribution < 1.29 is 4.79 Å². The number of rotatable bonds is 7. The second kappa shape index (κ2) is 8.49. The maximum Gasteiger partial charge on any atom is 0.315 e. The zero-order chi connectivity index (χ0) is 16.8. The van der Waals surface area contributed by atoms with Crippen LogP contribution in [0.25, 0.3) is 0 Å².